The molecule has 3 aromatic rings. The van der Waals surface area contributed by atoms with Crippen LogP contribution >= 0.6 is 0 Å². The van der Waals surface area contributed by atoms with Gasteiger partial charge in [0.2, 0.25) is 0 Å². The van der Waals surface area contributed by atoms with Gasteiger partial charge in [0, 0.05) is 36.1 Å². The van der Waals surface area contributed by atoms with Crippen LogP contribution in [0, 0.1) is 0 Å². The Morgan fingerprint density at radius 1 is 1.21 bits per heavy atom. The van der Waals surface area contributed by atoms with Gasteiger partial charge in [0.1, 0.15) is 5.83 Å². The molecule has 0 bridgehead atoms. The van der Waals surface area contributed by atoms with E-state index in [0.29, 0.717) is 23.2 Å². The molecule has 1 aliphatic heterocycles. The van der Waals surface area contributed by atoms with Crippen LogP contribution in [0.4, 0.5) is 4.39 Å². The fourth-order valence-electron chi connectivity index (χ4n) is 3.23. The van der Waals surface area contributed by atoms with Crippen molar-refractivity contribution in [3.05, 3.63) is 76.7 Å². The number of rotatable bonds is 4. The molecule has 0 saturated heterocycles. The Kier molecular flexibility index (Phi) is 4.95. The van der Waals surface area contributed by atoms with E-state index < -0.39 is 11.8 Å². The first-order chi connectivity index (χ1) is 14.0. The number of nitrogens with zero attached hydrogens (tertiary/aromatic N) is 1. The SMILES string of the molecule is COC(=O)c1ccc(C=C(F)c2cc(-c3cc4c([nH]3)CCNC4=O)ccn2)cc1. The van der Waals surface area contributed by atoms with Gasteiger partial charge < -0.3 is 15.0 Å². The predicted octanol–water partition coefficient (Wildman–Crippen LogP) is 3.62. The Labute approximate surface area is 166 Å². The Hall–Kier alpha value is -3.74. The summed E-state index contributed by atoms with van der Waals surface area (Å²) in [6.45, 7) is 0.597. The van der Waals surface area contributed by atoms with Crippen LogP contribution in [0.2, 0.25) is 0 Å². The quantitative estimate of drug-likeness (QED) is 0.666. The van der Waals surface area contributed by atoms with Crippen molar-refractivity contribution in [2.24, 2.45) is 0 Å². The van der Waals surface area contributed by atoms with Crippen molar-refractivity contribution in [3.63, 3.8) is 0 Å². The third-order valence-electron chi connectivity index (χ3n) is 4.75. The lowest BCUT2D eigenvalue weighted by molar-refractivity contribution is 0.0600. The largest absolute Gasteiger partial charge is 0.465 e. The molecule has 1 aliphatic rings. The summed E-state index contributed by atoms with van der Waals surface area (Å²) in [7, 11) is 1.31. The highest BCUT2D eigenvalue weighted by molar-refractivity contribution is 5.97. The molecule has 0 radical (unpaired) electrons. The number of fused-ring (bicyclic) bond motifs is 1. The molecule has 0 fully saturated rings. The number of halogens is 1. The number of ether oxygens (including phenoxy) is 1. The number of nitrogens with one attached hydrogen (secondary N) is 2. The normalized spacial score (nSPS) is 13.6. The number of hydrogen-bond acceptors (Lipinski definition) is 4. The Bertz CT molecular complexity index is 1120. The highest BCUT2D eigenvalue weighted by Crippen LogP contribution is 2.27. The van der Waals surface area contributed by atoms with Gasteiger partial charge in [-0.05, 0) is 42.0 Å². The second-order valence-electron chi connectivity index (χ2n) is 6.62. The van der Waals surface area contributed by atoms with Crippen LogP contribution in [0.3, 0.4) is 0 Å². The first kappa shape index (κ1) is 18.6. The second kappa shape index (κ2) is 7.71. The van der Waals surface area contributed by atoms with Gasteiger partial charge in [-0.3, -0.25) is 9.78 Å². The van der Waals surface area contributed by atoms with Crippen LogP contribution in [0.15, 0.2) is 48.7 Å². The molecule has 29 heavy (non-hydrogen) atoms. The lowest BCUT2D eigenvalue weighted by Gasteiger charge is -2.10. The summed E-state index contributed by atoms with van der Waals surface area (Å²) >= 11 is 0. The second-order valence-corrected chi connectivity index (χ2v) is 6.62. The topological polar surface area (TPSA) is 84.1 Å². The summed E-state index contributed by atoms with van der Waals surface area (Å²) in [6, 6.07) is 11.6. The number of amides is 1. The maximum absolute atomic E-state index is 14.8. The number of esters is 1. The van der Waals surface area contributed by atoms with E-state index >= 15 is 0 Å². The molecule has 2 aromatic heterocycles. The van der Waals surface area contributed by atoms with E-state index in [1.54, 1.807) is 42.5 Å². The van der Waals surface area contributed by atoms with Crippen molar-refractivity contribution < 1.29 is 18.7 Å². The molecular formula is C22H18FN3O3. The number of H-pyrrole nitrogens is 1. The highest BCUT2D eigenvalue weighted by atomic mass is 19.1. The highest BCUT2D eigenvalue weighted by Gasteiger charge is 2.20. The zero-order chi connectivity index (χ0) is 20.4. The molecule has 4 rings (SSSR count). The summed E-state index contributed by atoms with van der Waals surface area (Å²) < 4.78 is 19.4. The fraction of sp³-hybridized carbons (Fsp3) is 0.136. The smallest absolute Gasteiger partial charge is 0.337 e. The number of pyridine rings is 1. The molecular weight excluding hydrogens is 373 g/mol. The molecule has 0 atom stereocenters. The molecule has 0 unspecified atom stereocenters. The van der Waals surface area contributed by atoms with Gasteiger partial charge >= 0.3 is 5.97 Å². The van der Waals surface area contributed by atoms with Crippen molar-refractivity contribution in [2.75, 3.05) is 13.7 Å². The van der Waals surface area contributed by atoms with Gasteiger partial charge in [0.15, 0.2) is 0 Å². The van der Waals surface area contributed by atoms with Crippen LogP contribution in [0.25, 0.3) is 23.2 Å². The third-order valence-corrected chi connectivity index (χ3v) is 4.75. The Morgan fingerprint density at radius 3 is 2.72 bits per heavy atom. The minimum absolute atomic E-state index is 0.107. The number of aromatic amines is 1. The summed E-state index contributed by atoms with van der Waals surface area (Å²) in [4.78, 5) is 30.8. The third kappa shape index (κ3) is 3.80. The Morgan fingerprint density at radius 2 is 2.00 bits per heavy atom. The molecule has 0 aliphatic carbocycles. The minimum Gasteiger partial charge on any atom is -0.465 e. The van der Waals surface area contributed by atoms with Gasteiger partial charge in [0.05, 0.1) is 23.9 Å². The van der Waals surface area contributed by atoms with Gasteiger partial charge in [0.25, 0.3) is 5.91 Å². The first-order valence-electron chi connectivity index (χ1n) is 9.07. The van der Waals surface area contributed by atoms with Gasteiger partial charge in [-0.1, -0.05) is 12.1 Å². The molecule has 1 amide bonds. The molecule has 2 N–H and O–H groups in total. The van der Waals surface area contributed by atoms with Crippen molar-refractivity contribution in [1.82, 2.24) is 15.3 Å². The average molecular weight is 391 g/mol. The summed E-state index contributed by atoms with van der Waals surface area (Å²) in [5.41, 5.74) is 4.14. The predicted molar refractivity (Wildman–Crippen MR) is 107 cm³/mol. The van der Waals surface area contributed by atoms with Crippen molar-refractivity contribution in [1.29, 1.82) is 0 Å². The van der Waals surface area contributed by atoms with E-state index in [0.717, 1.165) is 23.4 Å². The average Bonchev–Trinajstić information content (AvgIpc) is 3.20. The van der Waals surface area contributed by atoms with E-state index in [1.807, 2.05) is 0 Å². The van der Waals surface area contributed by atoms with Crippen molar-refractivity contribution in [2.45, 2.75) is 6.42 Å². The maximum Gasteiger partial charge on any atom is 0.337 e. The summed E-state index contributed by atoms with van der Waals surface area (Å²) in [5.74, 6) is -1.06. The van der Waals surface area contributed by atoms with Crippen LogP contribution in [-0.4, -0.2) is 35.5 Å². The lowest BCUT2D eigenvalue weighted by Crippen LogP contribution is -2.31. The van der Waals surface area contributed by atoms with Gasteiger partial charge in [-0.2, -0.15) is 0 Å². The van der Waals surface area contributed by atoms with Crippen LogP contribution < -0.4 is 5.32 Å². The first-order valence-corrected chi connectivity index (χ1v) is 9.07. The zero-order valence-corrected chi connectivity index (χ0v) is 15.7. The van der Waals surface area contributed by atoms with Gasteiger partial charge in [-0.15, -0.1) is 0 Å². The summed E-state index contributed by atoms with van der Waals surface area (Å²) in [6.07, 6.45) is 3.60. The van der Waals surface area contributed by atoms with E-state index in [4.69, 9.17) is 0 Å². The summed E-state index contributed by atoms with van der Waals surface area (Å²) in [5, 5.41) is 2.81. The number of hydrogen-bond donors (Lipinski definition) is 2. The number of methoxy groups -OCH3 is 1. The van der Waals surface area contributed by atoms with E-state index in [2.05, 4.69) is 20.0 Å². The standard InChI is InChI=1S/C22H18FN3O3/c1-29-22(28)14-4-2-13(3-5-14)10-17(23)20-11-15(6-8-24-20)19-12-16-18(26-19)7-9-25-21(16)27/h2-6,8,10-12,26H,7,9H2,1H3,(H,25,27). The molecule has 7 heteroatoms. The zero-order valence-electron chi connectivity index (χ0n) is 15.7. The monoisotopic (exact) mass is 391 g/mol. The lowest BCUT2D eigenvalue weighted by atomic mass is 10.1. The molecule has 0 spiro atoms. The number of benzene rings is 1. The molecule has 146 valence electrons. The van der Waals surface area contributed by atoms with E-state index in [1.165, 1.54) is 19.4 Å². The molecule has 6 nitrogen and oxygen atoms in total. The van der Waals surface area contributed by atoms with E-state index in [9.17, 15) is 14.0 Å². The Balaban J connectivity index is 1.61. The number of aromatic nitrogens is 2. The van der Waals surface area contributed by atoms with Crippen LogP contribution in [0.1, 0.15) is 37.7 Å². The molecule has 1 aromatic carbocycles. The van der Waals surface area contributed by atoms with Gasteiger partial charge in [-0.25, -0.2) is 9.18 Å². The number of carbonyl (C=O) groups is 2. The van der Waals surface area contributed by atoms with Crippen LogP contribution in [0.5, 0.6) is 0 Å². The fourth-order valence-corrected chi connectivity index (χ4v) is 3.23. The minimum atomic E-state index is -0.508. The number of carbonyl (C=O) groups excluding carboxylic acids is 2. The van der Waals surface area contributed by atoms with Crippen molar-refractivity contribution in [3.8, 4) is 11.3 Å². The molecule has 0 saturated carbocycles. The molecule has 3 heterocycles. The van der Waals surface area contributed by atoms with Crippen molar-refractivity contribution >= 4 is 23.8 Å². The van der Waals surface area contributed by atoms with E-state index in [-0.39, 0.29) is 11.6 Å². The van der Waals surface area contributed by atoms with Crippen LogP contribution in [-0.2, 0) is 11.2 Å². The maximum atomic E-state index is 14.8.